The summed E-state index contributed by atoms with van der Waals surface area (Å²) in [5.41, 5.74) is 0.695. The predicted octanol–water partition coefficient (Wildman–Crippen LogP) is 0.931. The van der Waals surface area contributed by atoms with E-state index in [9.17, 15) is 8.42 Å². The third-order valence-electron chi connectivity index (χ3n) is 3.53. The minimum Gasteiger partial charge on any atom is -0.465 e. The lowest BCUT2D eigenvalue weighted by Crippen LogP contribution is -2.30. The largest absolute Gasteiger partial charge is 0.465 e. The molecule has 1 fully saturated rings. The van der Waals surface area contributed by atoms with Gasteiger partial charge < -0.3 is 14.5 Å². The monoisotopic (exact) mass is 302 g/mol. The van der Waals surface area contributed by atoms with Gasteiger partial charge in [-0.2, -0.15) is 0 Å². The molecule has 0 aromatic carbocycles. The molecule has 1 aromatic rings. The van der Waals surface area contributed by atoms with Crippen LogP contribution in [0.5, 0.6) is 0 Å². The maximum absolute atomic E-state index is 12.5. The Morgan fingerprint density at radius 1 is 1.30 bits per heavy atom. The van der Waals surface area contributed by atoms with Crippen LogP contribution in [0.4, 0.5) is 0 Å². The number of ether oxygens (including phenoxy) is 1. The second kappa shape index (κ2) is 6.26. The van der Waals surface area contributed by atoms with Crippen LogP contribution in [0.15, 0.2) is 9.31 Å². The summed E-state index contributed by atoms with van der Waals surface area (Å²) >= 11 is 0. The zero-order chi connectivity index (χ0) is 14.8. The summed E-state index contributed by atoms with van der Waals surface area (Å²) in [6.45, 7) is 5.66. The lowest BCUT2D eigenvalue weighted by atomic mass is 10.1. The normalized spacial score (nSPS) is 19.6. The molecule has 6 nitrogen and oxygen atoms in total. The Hall–Kier alpha value is -0.890. The molecule has 1 unspecified atom stereocenters. The first-order valence-corrected chi connectivity index (χ1v) is 8.25. The number of sulfonamides is 1. The molecule has 0 spiro atoms. The second-order valence-electron chi connectivity index (χ2n) is 5.13. The Labute approximate surface area is 119 Å². The number of rotatable bonds is 6. The van der Waals surface area contributed by atoms with Gasteiger partial charge in [-0.1, -0.05) is 0 Å². The molecule has 7 heteroatoms. The van der Waals surface area contributed by atoms with E-state index in [1.807, 2.05) is 0 Å². The lowest BCUT2D eigenvalue weighted by molar-refractivity contribution is 0.186. The van der Waals surface area contributed by atoms with Crippen molar-refractivity contribution in [1.82, 2.24) is 10.0 Å². The number of furan rings is 1. The highest BCUT2D eigenvalue weighted by Gasteiger charge is 2.27. The van der Waals surface area contributed by atoms with Gasteiger partial charge in [0.2, 0.25) is 10.0 Å². The Morgan fingerprint density at radius 2 is 2.05 bits per heavy atom. The molecule has 0 bridgehead atoms. The summed E-state index contributed by atoms with van der Waals surface area (Å²) in [7, 11) is -1.77. The van der Waals surface area contributed by atoms with Crippen molar-refractivity contribution in [3.8, 4) is 0 Å². The maximum atomic E-state index is 12.5. The number of nitrogens with one attached hydrogen (secondary N) is 2. The highest BCUT2D eigenvalue weighted by molar-refractivity contribution is 7.89. The highest BCUT2D eigenvalue weighted by Crippen LogP contribution is 2.26. The third-order valence-corrected chi connectivity index (χ3v) is 5.15. The second-order valence-corrected chi connectivity index (χ2v) is 6.84. The van der Waals surface area contributed by atoms with E-state index in [2.05, 4.69) is 10.0 Å². The van der Waals surface area contributed by atoms with Crippen molar-refractivity contribution < 1.29 is 17.6 Å². The van der Waals surface area contributed by atoms with Crippen LogP contribution < -0.4 is 10.0 Å². The molecular formula is C13H22N2O4S. The van der Waals surface area contributed by atoms with E-state index in [4.69, 9.17) is 9.15 Å². The fraction of sp³-hybridized carbons (Fsp3) is 0.692. The first kappa shape index (κ1) is 15.5. The van der Waals surface area contributed by atoms with Gasteiger partial charge in [0.1, 0.15) is 16.4 Å². The summed E-state index contributed by atoms with van der Waals surface area (Å²) in [6, 6.07) is 0. The van der Waals surface area contributed by atoms with E-state index in [1.165, 1.54) is 0 Å². The van der Waals surface area contributed by atoms with Gasteiger partial charge in [-0.05, 0) is 33.2 Å². The van der Waals surface area contributed by atoms with Crippen molar-refractivity contribution in [3.63, 3.8) is 0 Å². The first-order valence-electron chi connectivity index (χ1n) is 6.76. The van der Waals surface area contributed by atoms with Gasteiger partial charge in [0, 0.05) is 25.3 Å². The summed E-state index contributed by atoms with van der Waals surface area (Å²) < 4.78 is 38.4. The summed E-state index contributed by atoms with van der Waals surface area (Å²) in [6.07, 6.45) is 0.898. The van der Waals surface area contributed by atoms with E-state index in [0.29, 0.717) is 43.4 Å². The van der Waals surface area contributed by atoms with Crippen molar-refractivity contribution in [1.29, 1.82) is 0 Å². The van der Waals surface area contributed by atoms with Crippen LogP contribution in [0.2, 0.25) is 0 Å². The van der Waals surface area contributed by atoms with Gasteiger partial charge in [0.15, 0.2) is 0 Å². The zero-order valence-electron chi connectivity index (χ0n) is 12.2. The molecular weight excluding hydrogens is 280 g/mol. The third kappa shape index (κ3) is 3.22. The van der Waals surface area contributed by atoms with Crippen molar-refractivity contribution in [2.45, 2.75) is 31.7 Å². The first-order chi connectivity index (χ1) is 9.45. The van der Waals surface area contributed by atoms with Gasteiger partial charge >= 0.3 is 0 Å². The molecule has 0 saturated carbocycles. The lowest BCUT2D eigenvalue weighted by Gasteiger charge is -2.11. The van der Waals surface area contributed by atoms with Crippen LogP contribution in [0.1, 0.15) is 23.5 Å². The molecule has 1 aromatic heterocycles. The van der Waals surface area contributed by atoms with E-state index >= 15 is 0 Å². The standard InChI is InChI=1S/C13H22N2O4S/c1-9-12(7-14-3)13(10(2)19-9)20(16,17)15-6-11-4-5-18-8-11/h11,14-15H,4-8H2,1-3H3. The predicted molar refractivity (Wildman–Crippen MR) is 75.1 cm³/mol. The molecule has 1 atom stereocenters. The molecule has 20 heavy (non-hydrogen) atoms. The average Bonchev–Trinajstić information content (AvgIpc) is 2.97. The van der Waals surface area contributed by atoms with Gasteiger partial charge in [0.05, 0.1) is 6.61 Å². The number of aryl methyl sites for hydroxylation is 2. The smallest absolute Gasteiger partial charge is 0.244 e. The Morgan fingerprint density at radius 3 is 2.65 bits per heavy atom. The summed E-state index contributed by atoms with van der Waals surface area (Å²) in [4.78, 5) is 0.267. The van der Waals surface area contributed by atoms with E-state index in [0.717, 1.165) is 6.42 Å². The minimum absolute atomic E-state index is 0.255. The molecule has 2 N–H and O–H groups in total. The molecule has 2 rings (SSSR count). The molecule has 1 aliphatic heterocycles. The van der Waals surface area contributed by atoms with Crippen molar-refractivity contribution in [2.75, 3.05) is 26.8 Å². The van der Waals surface area contributed by atoms with E-state index < -0.39 is 10.0 Å². The van der Waals surface area contributed by atoms with Gasteiger partial charge in [-0.25, -0.2) is 13.1 Å². The molecule has 1 aliphatic rings. The Bertz CT molecular complexity index is 559. The SMILES string of the molecule is CNCc1c(C)oc(C)c1S(=O)(=O)NCC1CCOC1. The minimum atomic E-state index is -3.55. The zero-order valence-corrected chi connectivity index (χ0v) is 13.0. The number of hydrogen-bond acceptors (Lipinski definition) is 5. The van der Waals surface area contributed by atoms with Crippen molar-refractivity contribution in [3.05, 3.63) is 17.1 Å². The molecule has 1 saturated heterocycles. The molecule has 114 valence electrons. The molecule has 2 heterocycles. The highest BCUT2D eigenvalue weighted by atomic mass is 32.2. The van der Waals surface area contributed by atoms with Crippen LogP contribution in [0.3, 0.4) is 0 Å². The molecule has 0 amide bonds. The van der Waals surface area contributed by atoms with Crippen LogP contribution in [0, 0.1) is 19.8 Å². The average molecular weight is 302 g/mol. The fourth-order valence-electron chi connectivity index (χ4n) is 2.49. The molecule has 0 aliphatic carbocycles. The number of hydrogen-bond donors (Lipinski definition) is 2. The van der Waals surface area contributed by atoms with Crippen LogP contribution in [-0.4, -0.2) is 35.2 Å². The van der Waals surface area contributed by atoms with Gasteiger partial charge in [0.25, 0.3) is 0 Å². The topological polar surface area (TPSA) is 80.6 Å². The summed E-state index contributed by atoms with van der Waals surface area (Å²) in [5.74, 6) is 1.33. The Kier molecular flexibility index (Phi) is 4.85. The van der Waals surface area contributed by atoms with Crippen molar-refractivity contribution >= 4 is 10.0 Å². The van der Waals surface area contributed by atoms with E-state index in [1.54, 1.807) is 20.9 Å². The van der Waals surface area contributed by atoms with E-state index in [-0.39, 0.29) is 10.8 Å². The van der Waals surface area contributed by atoms with Gasteiger partial charge in [-0.3, -0.25) is 0 Å². The maximum Gasteiger partial charge on any atom is 0.244 e. The van der Waals surface area contributed by atoms with Crippen LogP contribution in [0.25, 0.3) is 0 Å². The van der Waals surface area contributed by atoms with Crippen molar-refractivity contribution in [2.24, 2.45) is 5.92 Å². The molecule has 0 radical (unpaired) electrons. The fourth-order valence-corrected chi connectivity index (χ4v) is 4.05. The summed E-state index contributed by atoms with van der Waals surface area (Å²) in [5, 5.41) is 2.98. The Balaban J connectivity index is 2.19. The quantitative estimate of drug-likeness (QED) is 0.817. The van der Waals surface area contributed by atoms with Crippen LogP contribution >= 0.6 is 0 Å². The van der Waals surface area contributed by atoms with Crippen LogP contribution in [-0.2, 0) is 21.3 Å². The van der Waals surface area contributed by atoms with Gasteiger partial charge in [-0.15, -0.1) is 0 Å².